The second-order valence-electron chi connectivity index (χ2n) is 9.52. The van der Waals surface area contributed by atoms with Crippen LogP contribution in [0.2, 0.25) is 0 Å². The molecule has 4 aromatic carbocycles. The summed E-state index contributed by atoms with van der Waals surface area (Å²) in [5.41, 5.74) is 3.09. The Bertz CT molecular complexity index is 1490. The fourth-order valence-electron chi connectivity index (χ4n) is 4.50. The molecule has 0 saturated heterocycles. The fraction of sp³-hybridized carbons (Fsp3) is 0.0968. The number of benzene rings is 4. The topological polar surface area (TPSA) is 149 Å². The van der Waals surface area contributed by atoms with Crippen molar-refractivity contribution in [2.75, 3.05) is 0 Å². The quantitative estimate of drug-likeness (QED) is 0.215. The number of carbonyl (C=O) groups is 4. The van der Waals surface area contributed by atoms with E-state index in [0.717, 1.165) is 22.3 Å². The second-order valence-corrected chi connectivity index (χ2v) is 9.52. The van der Waals surface area contributed by atoms with Gasteiger partial charge in [-0.3, -0.25) is 0 Å². The molecule has 8 heteroatoms. The third kappa shape index (κ3) is 5.26. The summed E-state index contributed by atoms with van der Waals surface area (Å²) in [5, 5.41) is 37.3. The Labute approximate surface area is 223 Å². The van der Waals surface area contributed by atoms with Gasteiger partial charge in [0.2, 0.25) is 0 Å². The van der Waals surface area contributed by atoms with Gasteiger partial charge >= 0.3 is 23.9 Å². The van der Waals surface area contributed by atoms with Gasteiger partial charge in [0, 0.05) is 5.41 Å². The zero-order chi connectivity index (χ0) is 28.5. The van der Waals surface area contributed by atoms with Gasteiger partial charge in [0.25, 0.3) is 0 Å². The summed E-state index contributed by atoms with van der Waals surface area (Å²) in [6, 6.07) is 23.6. The standard InChI is InChI=1S/C31H24O8/c1-31(2,21-9-3-17(4-10-21)19-7-13-23(27(32)33)25(15-19)29(36)37)22-11-5-18(6-12-22)20-8-14-24(28(34)35)26(16-20)30(38)39/h3-16H,1-2H3,(H,32,33)(H,34,35)(H,36,37)(H,38,39). The molecule has 196 valence electrons. The highest BCUT2D eigenvalue weighted by molar-refractivity contribution is 6.03. The average Bonchev–Trinajstić information content (AvgIpc) is 2.92. The molecule has 0 radical (unpaired) electrons. The molecule has 0 saturated carbocycles. The van der Waals surface area contributed by atoms with Crippen molar-refractivity contribution in [3.63, 3.8) is 0 Å². The van der Waals surface area contributed by atoms with Crippen molar-refractivity contribution >= 4 is 23.9 Å². The van der Waals surface area contributed by atoms with Gasteiger partial charge in [0.05, 0.1) is 22.3 Å². The van der Waals surface area contributed by atoms with Gasteiger partial charge in [0.15, 0.2) is 0 Å². The Morgan fingerprint density at radius 3 is 1.00 bits per heavy atom. The maximum absolute atomic E-state index is 11.5. The SMILES string of the molecule is CC(C)(c1ccc(-c2ccc(C(=O)O)c(C(=O)O)c2)cc1)c1ccc(-c2ccc(C(=O)O)c(C(=O)O)c2)cc1. The lowest BCUT2D eigenvalue weighted by molar-refractivity contribution is 0.0651. The molecular formula is C31H24O8. The molecule has 0 spiro atoms. The number of hydrogen-bond acceptors (Lipinski definition) is 4. The molecule has 4 rings (SSSR count). The van der Waals surface area contributed by atoms with Crippen LogP contribution in [0, 0.1) is 0 Å². The van der Waals surface area contributed by atoms with E-state index in [1.165, 1.54) is 24.3 Å². The first-order valence-corrected chi connectivity index (χ1v) is 11.8. The van der Waals surface area contributed by atoms with Gasteiger partial charge < -0.3 is 20.4 Å². The monoisotopic (exact) mass is 524 g/mol. The number of rotatable bonds is 8. The Morgan fingerprint density at radius 1 is 0.436 bits per heavy atom. The van der Waals surface area contributed by atoms with E-state index in [9.17, 15) is 39.6 Å². The van der Waals surface area contributed by atoms with Crippen LogP contribution in [0.5, 0.6) is 0 Å². The molecule has 39 heavy (non-hydrogen) atoms. The van der Waals surface area contributed by atoms with E-state index in [4.69, 9.17) is 0 Å². The van der Waals surface area contributed by atoms with E-state index in [-0.39, 0.29) is 22.3 Å². The van der Waals surface area contributed by atoms with E-state index < -0.39 is 29.3 Å². The molecule has 0 aliphatic carbocycles. The smallest absolute Gasteiger partial charge is 0.336 e. The highest BCUT2D eigenvalue weighted by Gasteiger charge is 2.24. The number of carboxylic acid groups (broad SMARTS) is 4. The van der Waals surface area contributed by atoms with Gasteiger partial charge in [0.1, 0.15) is 0 Å². The second kappa shape index (κ2) is 10.3. The highest BCUT2D eigenvalue weighted by Crippen LogP contribution is 2.34. The average molecular weight is 525 g/mol. The van der Waals surface area contributed by atoms with E-state index in [0.29, 0.717) is 11.1 Å². The van der Waals surface area contributed by atoms with Crippen LogP contribution in [-0.2, 0) is 5.41 Å². The summed E-state index contributed by atoms with van der Waals surface area (Å²) in [4.78, 5) is 45.8. The molecule has 0 aliphatic rings. The van der Waals surface area contributed by atoms with Crippen molar-refractivity contribution < 1.29 is 39.6 Å². The van der Waals surface area contributed by atoms with Gasteiger partial charge in [-0.05, 0) is 57.6 Å². The molecule has 0 atom stereocenters. The molecule has 0 amide bonds. The van der Waals surface area contributed by atoms with Crippen LogP contribution >= 0.6 is 0 Å². The molecule has 0 bridgehead atoms. The predicted octanol–water partition coefficient (Wildman–Crippen LogP) is 6.14. The minimum absolute atomic E-state index is 0.274. The van der Waals surface area contributed by atoms with Crippen LogP contribution in [0.1, 0.15) is 66.4 Å². The molecule has 4 aromatic rings. The van der Waals surface area contributed by atoms with Crippen molar-refractivity contribution in [2.45, 2.75) is 19.3 Å². The first-order valence-electron chi connectivity index (χ1n) is 11.8. The summed E-state index contributed by atoms with van der Waals surface area (Å²) in [5.74, 6) is -5.23. The highest BCUT2D eigenvalue weighted by atomic mass is 16.4. The number of hydrogen-bond donors (Lipinski definition) is 4. The Balaban J connectivity index is 1.62. The molecule has 8 nitrogen and oxygen atoms in total. The van der Waals surface area contributed by atoms with Crippen LogP contribution < -0.4 is 0 Å². The maximum atomic E-state index is 11.5. The van der Waals surface area contributed by atoms with Crippen molar-refractivity contribution in [3.05, 3.63) is 118 Å². The summed E-state index contributed by atoms with van der Waals surface area (Å²) in [6.45, 7) is 4.09. The molecular weight excluding hydrogens is 500 g/mol. The van der Waals surface area contributed by atoms with E-state index in [1.54, 1.807) is 12.1 Å². The molecule has 0 aliphatic heterocycles. The zero-order valence-electron chi connectivity index (χ0n) is 21.0. The molecule has 0 unspecified atom stereocenters. The van der Waals surface area contributed by atoms with Crippen LogP contribution in [0.25, 0.3) is 22.3 Å². The van der Waals surface area contributed by atoms with Crippen molar-refractivity contribution in [2.24, 2.45) is 0 Å². The van der Waals surface area contributed by atoms with Crippen LogP contribution in [0.4, 0.5) is 0 Å². The Hall–Kier alpha value is -5.24. The summed E-state index contributed by atoms with van der Waals surface area (Å²) in [6.07, 6.45) is 0. The molecule has 0 aromatic heterocycles. The van der Waals surface area contributed by atoms with Gasteiger partial charge in [-0.15, -0.1) is 0 Å². The molecule has 0 heterocycles. The summed E-state index contributed by atoms with van der Waals surface area (Å²) < 4.78 is 0. The minimum atomic E-state index is -1.31. The lowest BCUT2D eigenvalue weighted by Gasteiger charge is -2.26. The third-order valence-electron chi connectivity index (χ3n) is 6.84. The lowest BCUT2D eigenvalue weighted by Crippen LogP contribution is -2.18. The Morgan fingerprint density at radius 2 is 0.718 bits per heavy atom. The van der Waals surface area contributed by atoms with Crippen molar-refractivity contribution in [1.82, 2.24) is 0 Å². The van der Waals surface area contributed by atoms with Gasteiger partial charge in [-0.25, -0.2) is 19.2 Å². The van der Waals surface area contributed by atoms with E-state index >= 15 is 0 Å². The summed E-state index contributed by atoms with van der Waals surface area (Å²) in [7, 11) is 0. The molecule has 4 N–H and O–H groups in total. The van der Waals surface area contributed by atoms with Gasteiger partial charge in [-0.2, -0.15) is 0 Å². The maximum Gasteiger partial charge on any atom is 0.336 e. The van der Waals surface area contributed by atoms with Crippen LogP contribution in [0.3, 0.4) is 0 Å². The summed E-state index contributed by atoms with van der Waals surface area (Å²) >= 11 is 0. The first-order chi connectivity index (χ1) is 18.4. The Kier molecular flexibility index (Phi) is 7.05. The van der Waals surface area contributed by atoms with Crippen molar-refractivity contribution in [3.8, 4) is 22.3 Å². The van der Waals surface area contributed by atoms with Crippen LogP contribution in [-0.4, -0.2) is 44.3 Å². The predicted molar refractivity (Wildman–Crippen MR) is 144 cm³/mol. The van der Waals surface area contributed by atoms with Crippen molar-refractivity contribution in [1.29, 1.82) is 0 Å². The minimum Gasteiger partial charge on any atom is -0.478 e. The van der Waals surface area contributed by atoms with Crippen LogP contribution in [0.15, 0.2) is 84.9 Å². The zero-order valence-corrected chi connectivity index (χ0v) is 21.0. The number of carboxylic acids is 4. The van der Waals surface area contributed by atoms with Gasteiger partial charge in [-0.1, -0.05) is 74.5 Å². The third-order valence-corrected chi connectivity index (χ3v) is 6.84. The molecule has 0 fully saturated rings. The van der Waals surface area contributed by atoms with E-state index in [1.807, 2.05) is 62.4 Å². The van der Waals surface area contributed by atoms with E-state index in [2.05, 4.69) is 0 Å². The first kappa shape index (κ1) is 26.8. The number of aromatic carboxylic acids is 4. The lowest BCUT2D eigenvalue weighted by atomic mass is 9.77. The fourth-order valence-corrected chi connectivity index (χ4v) is 4.50. The largest absolute Gasteiger partial charge is 0.478 e. The normalized spacial score (nSPS) is 11.1.